The minimum atomic E-state index is -0.963. The number of carboxylic acid groups (broad SMARTS) is 1. The number of hydrogen-bond donors (Lipinski definition) is 2. The first-order valence-corrected chi connectivity index (χ1v) is 7.24. The van der Waals surface area contributed by atoms with Gasteiger partial charge in [0.25, 0.3) is 0 Å². The molecule has 1 saturated carbocycles. The van der Waals surface area contributed by atoms with Gasteiger partial charge in [0.05, 0.1) is 5.75 Å². The maximum absolute atomic E-state index is 11.6. The second-order valence-electron chi connectivity index (χ2n) is 5.02. The van der Waals surface area contributed by atoms with E-state index in [1.54, 1.807) is 11.8 Å². The monoisotopic (exact) mass is 259 g/mol. The molecule has 2 N–H and O–H groups in total. The molecule has 0 unspecified atom stereocenters. The summed E-state index contributed by atoms with van der Waals surface area (Å²) in [6.07, 6.45) is 3.09. The standard InChI is InChI=1S/C12H21NO3S/c1-9(2)4-7-17-8-10(14)13-12(11(15)16)5-3-6-12/h9H,3-8H2,1-2H3,(H,13,14)(H,15,16). The average molecular weight is 259 g/mol. The molecule has 1 amide bonds. The minimum Gasteiger partial charge on any atom is -0.480 e. The van der Waals surface area contributed by atoms with Crippen molar-refractivity contribution in [3.8, 4) is 0 Å². The van der Waals surface area contributed by atoms with Crippen molar-refractivity contribution in [2.45, 2.75) is 45.1 Å². The molecule has 0 atom stereocenters. The molecular formula is C12H21NO3S. The SMILES string of the molecule is CC(C)CCSCC(=O)NC1(C(=O)O)CCC1. The predicted octanol–water partition coefficient (Wildman–Crippen LogP) is 1.89. The highest BCUT2D eigenvalue weighted by Gasteiger charge is 2.45. The van der Waals surface area contributed by atoms with Gasteiger partial charge in [-0.2, -0.15) is 11.8 Å². The lowest BCUT2D eigenvalue weighted by Gasteiger charge is -2.38. The Morgan fingerprint density at radius 1 is 1.41 bits per heavy atom. The third-order valence-electron chi connectivity index (χ3n) is 3.07. The Bertz CT molecular complexity index is 287. The van der Waals surface area contributed by atoms with E-state index in [4.69, 9.17) is 5.11 Å². The van der Waals surface area contributed by atoms with Gasteiger partial charge in [0, 0.05) is 0 Å². The summed E-state index contributed by atoms with van der Waals surface area (Å²) < 4.78 is 0. The third-order valence-corrected chi connectivity index (χ3v) is 4.06. The van der Waals surface area contributed by atoms with Gasteiger partial charge in [-0.15, -0.1) is 0 Å². The summed E-state index contributed by atoms with van der Waals surface area (Å²) in [6, 6.07) is 0. The van der Waals surface area contributed by atoms with Crippen LogP contribution in [0.2, 0.25) is 0 Å². The Balaban J connectivity index is 2.22. The van der Waals surface area contributed by atoms with E-state index in [1.165, 1.54) is 0 Å². The molecule has 0 bridgehead atoms. The van der Waals surface area contributed by atoms with Crippen LogP contribution in [0.25, 0.3) is 0 Å². The highest BCUT2D eigenvalue weighted by Crippen LogP contribution is 2.32. The van der Waals surface area contributed by atoms with Crippen molar-refractivity contribution < 1.29 is 14.7 Å². The van der Waals surface area contributed by atoms with Gasteiger partial charge >= 0.3 is 5.97 Å². The Kier molecular flexibility index (Phi) is 5.31. The maximum Gasteiger partial charge on any atom is 0.329 e. The molecule has 5 heteroatoms. The number of amides is 1. The van der Waals surface area contributed by atoms with Crippen LogP contribution in [-0.4, -0.2) is 34.0 Å². The molecule has 17 heavy (non-hydrogen) atoms. The number of rotatable bonds is 7. The van der Waals surface area contributed by atoms with E-state index in [2.05, 4.69) is 19.2 Å². The van der Waals surface area contributed by atoms with Crippen molar-refractivity contribution in [3.05, 3.63) is 0 Å². The lowest BCUT2D eigenvalue weighted by molar-refractivity contribution is -0.151. The predicted molar refractivity (Wildman–Crippen MR) is 69.1 cm³/mol. The summed E-state index contributed by atoms with van der Waals surface area (Å²) in [5, 5.41) is 11.7. The van der Waals surface area contributed by atoms with Crippen LogP contribution in [-0.2, 0) is 9.59 Å². The number of carbonyl (C=O) groups excluding carboxylic acids is 1. The molecule has 0 heterocycles. The average Bonchev–Trinajstić information content (AvgIpc) is 2.17. The zero-order valence-corrected chi connectivity index (χ0v) is 11.3. The minimum absolute atomic E-state index is 0.152. The third kappa shape index (κ3) is 4.22. The van der Waals surface area contributed by atoms with Crippen LogP contribution in [0.4, 0.5) is 0 Å². The van der Waals surface area contributed by atoms with Gasteiger partial charge in [-0.3, -0.25) is 4.79 Å². The molecule has 0 aromatic carbocycles. The lowest BCUT2D eigenvalue weighted by atomic mass is 9.77. The fourth-order valence-electron chi connectivity index (χ4n) is 1.71. The molecule has 0 saturated heterocycles. The molecule has 1 aliphatic rings. The summed E-state index contributed by atoms with van der Waals surface area (Å²) in [7, 11) is 0. The van der Waals surface area contributed by atoms with E-state index in [0.29, 0.717) is 24.5 Å². The lowest BCUT2D eigenvalue weighted by Crippen LogP contribution is -2.59. The number of thioether (sulfide) groups is 1. The normalized spacial score (nSPS) is 17.6. The molecular weight excluding hydrogens is 238 g/mol. The molecule has 4 nitrogen and oxygen atoms in total. The molecule has 0 aliphatic heterocycles. The molecule has 1 fully saturated rings. The first-order valence-electron chi connectivity index (χ1n) is 6.08. The second-order valence-corrected chi connectivity index (χ2v) is 6.13. The highest BCUT2D eigenvalue weighted by atomic mass is 32.2. The van der Waals surface area contributed by atoms with Gasteiger partial charge in [0.15, 0.2) is 0 Å². The molecule has 1 rings (SSSR count). The Hall–Kier alpha value is -0.710. The van der Waals surface area contributed by atoms with E-state index >= 15 is 0 Å². The summed E-state index contributed by atoms with van der Waals surface area (Å²) in [6.45, 7) is 4.29. The van der Waals surface area contributed by atoms with Crippen molar-refractivity contribution in [2.75, 3.05) is 11.5 Å². The number of carboxylic acids is 1. The van der Waals surface area contributed by atoms with E-state index in [0.717, 1.165) is 18.6 Å². The van der Waals surface area contributed by atoms with Crippen LogP contribution in [0.15, 0.2) is 0 Å². The van der Waals surface area contributed by atoms with Crippen LogP contribution >= 0.6 is 11.8 Å². The first kappa shape index (κ1) is 14.4. The van der Waals surface area contributed by atoms with Crippen LogP contribution in [0.5, 0.6) is 0 Å². The summed E-state index contributed by atoms with van der Waals surface area (Å²) in [5.41, 5.74) is -0.963. The van der Waals surface area contributed by atoms with Crippen molar-refractivity contribution >= 4 is 23.6 Å². The van der Waals surface area contributed by atoms with E-state index < -0.39 is 11.5 Å². The summed E-state index contributed by atoms with van der Waals surface area (Å²) in [5.74, 6) is 0.903. The van der Waals surface area contributed by atoms with E-state index in [-0.39, 0.29) is 5.91 Å². The molecule has 0 aromatic heterocycles. The van der Waals surface area contributed by atoms with Crippen molar-refractivity contribution in [1.82, 2.24) is 5.32 Å². The first-order chi connectivity index (χ1) is 7.96. The Labute approximate surface area is 107 Å². The summed E-state index contributed by atoms with van der Waals surface area (Å²) in [4.78, 5) is 22.6. The molecule has 0 spiro atoms. The quantitative estimate of drug-likeness (QED) is 0.685. The van der Waals surface area contributed by atoms with Crippen LogP contribution in [0.1, 0.15) is 39.5 Å². The molecule has 98 valence electrons. The van der Waals surface area contributed by atoms with Gasteiger partial charge in [-0.25, -0.2) is 4.79 Å². The topological polar surface area (TPSA) is 66.4 Å². The van der Waals surface area contributed by atoms with E-state index in [9.17, 15) is 9.59 Å². The highest BCUT2D eigenvalue weighted by molar-refractivity contribution is 7.99. The number of aliphatic carboxylic acids is 1. The van der Waals surface area contributed by atoms with Gasteiger partial charge in [0.2, 0.25) is 5.91 Å². The Morgan fingerprint density at radius 2 is 2.06 bits per heavy atom. The van der Waals surface area contributed by atoms with Gasteiger partial charge < -0.3 is 10.4 Å². The van der Waals surface area contributed by atoms with Crippen LogP contribution in [0, 0.1) is 5.92 Å². The fraction of sp³-hybridized carbons (Fsp3) is 0.833. The van der Waals surface area contributed by atoms with Crippen molar-refractivity contribution in [1.29, 1.82) is 0 Å². The largest absolute Gasteiger partial charge is 0.480 e. The molecule has 1 aliphatic carbocycles. The Morgan fingerprint density at radius 3 is 2.47 bits per heavy atom. The zero-order valence-electron chi connectivity index (χ0n) is 10.5. The fourth-order valence-corrected chi connectivity index (χ4v) is 2.75. The van der Waals surface area contributed by atoms with Gasteiger partial charge in [-0.1, -0.05) is 13.8 Å². The number of hydrogen-bond acceptors (Lipinski definition) is 3. The number of carbonyl (C=O) groups is 2. The zero-order chi connectivity index (χ0) is 12.9. The smallest absolute Gasteiger partial charge is 0.329 e. The molecule has 0 aromatic rings. The number of nitrogens with one attached hydrogen (secondary N) is 1. The maximum atomic E-state index is 11.6. The van der Waals surface area contributed by atoms with Gasteiger partial charge in [0.1, 0.15) is 5.54 Å². The van der Waals surface area contributed by atoms with Crippen molar-refractivity contribution in [3.63, 3.8) is 0 Å². The molecule has 0 radical (unpaired) electrons. The van der Waals surface area contributed by atoms with Crippen molar-refractivity contribution in [2.24, 2.45) is 5.92 Å². The van der Waals surface area contributed by atoms with E-state index in [1.807, 2.05) is 0 Å². The summed E-state index contributed by atoms with van der Waals surface area (Å²) >= 11 is 1.57. The van der Waals surface area contributed by atoms with Crippen LogP contribution in [0.3, 0.4) is 0 Å². The van der Waals surface area contributed by atoms with Crippen LogP contribution < -0.4 is 5.32 Å². The second kappa shape index (κ2) is 6.28. The van der Waals surface area contributed by atoms with Gasteiger partial charge in [-0.05, 0) is 37.4 Å².